The van der Waals surface area contributed by atoms with Crippen molar-refractivity contribution < 1.29 is 9.53 Å². The lowest BCUT2D eigenvalue weighted by Gasteiger charge is -2.19. The van der Waals surface area contributed by atoms with Crippen LogP contribution in [0.25, 0.3) is 5.69 Å². The van der Waals surface area contributed by atoms with Crippen molar-refractivity contribution >= 4 is 11.6 Å². The van der Waals surface area contributed by atoms with Crippen molar-refractivity contribution in [3.63, 3.8) is 0 Å². The zero-order valence-corrected chi connectivity index (χ0v) is 15.1. The number of hydrogen-bond acceptors (Lipinski definition) is 4. The first-order valence-corrected chi connectivity index (χ1v) is 8.40. The number of ether oxygens (including phenoxy) is 1. The van der Waals surface area contributed by atoms with Crippen LogP contribution in [0.15, 0.2) is 61.2 Å². The molecule has 0 saturated heterocycles. The first-order chi connectivity index (χ1) is 12.4. The van der Waals surface area contributed by atoms with Gasteiger partial charge in [-0.1, -0.05) is 32.9 Å². The number of hydrogen-bond donors (Lipinski definition) is 1. The number of nitrogens with one attached hydrogen (secondary N) is 1. The molecule has 0 aliphatic rings. The minimum Gasteiger partial charge on any atom is -0.484 e. The molecule has 0 unspecified atom stereocenters. The second-order valence-corrected chi connectivity index (χ2v) is 7.00. The second kappa shape index (κ2) is 7.39. The number of rotatable bonds is 5. The highest BCUT2D eigenvalue weighted by Crippen LogP contribution is 2.24. The lowest BCUT2D eigenvalue weighted by molar-refractivity contribution is -0.118. The fourth-order valence-electron chi connectivity index (χ4n) is 2.44. The maximum atomic E-state index is 12.1. The van der Waals surface area contributed by atoms with Gasteiger partial charge in [0.15, 0.2) is 6.61 Å². The number of anilines is 1. The predicted molar refractivity (Wildman–Crippen MR) is 101 cm³/mol. The highest BCUT2D eigenvalue weighted by Gasteiger charge is 2.13. The van der Waals surface area contributed by atoms with Crippen molar-refractivity contribution in [3.05, 3.63) is 66.7 Å². The Hall–Kier alpha value is -3.15. The Labute approximate surface area is 152 Å². The van der Waals surface area contributed by atoms with Crippen LogP contribution in [-0.4, -0.2) is 27.3 Å². The number of nitrogens with zero attached hydrogens (tertiary/aromatic N) is 3. The summed E-state index contributed by atoms with van der Waals surface area (Å²) in [5.41, 5.74) is 2.89. The lowest BCUT2D eigenvalue weighted by Crippen LogP contribution is -2.20. The van der Waals surface area contributed by atoms with Crippen LogP contribution in [0.1, 0.15) is 26.3 Å². The molecule has 3 rings (SSSR count). The van der Waals surface area contributed by atoms with E-state index in [2.05, 4.69) is 36.2 Å². The number of amides is 1. The van der Waals surface area contributed by atoms with Gasteiger partial charge in [-0.05, 0) is 47.4 Å². The molecule has 26 heavy (non-hydrogen) atoms. The standard InChI is InChI=1S/C20H22N4O2/c1-20(2,3)15-4-10-18(11-5-15)26-12-19(25)23-16-6-8-17(9-7-16)24-14-21-13-22-24/h4-11,13-14H,12H2,1-3H3,(H,23,25). The Bertz CT molecular complexity index is 848. The van der Waals surface area contributed by atoms with Gasteiger partial charge in [0.2, 0.25) is 0 Å². The maximum Gasteiger partial charge on any atom is 0.262 e. The van der Waals surface area contributed by atoms with E-state index in [0.717, 1.165) is 5.69 Å². The lowest BCUT2D eigenvalue weighted by atomic mass is 9.87. The zero-order chi connectivity index (χ0) is 18.6. The molecular formula is C20H22N4O2. The van der Waals surface area contributed by atoms with Crippen molar-refractivity contribution in [2.75, 3.05) is 11.9 Å². The Kier molecular flexibility index (Phi) is 5.02. The van der Waals surface area contributed by atoms with Crippen LogP contribution in [0.2, 0.25) is 0 Å². The molecule has 0 radical (unpaired) electrons. The third-order valence-corrected chi connectivity index (χ3v) is 3.92. The highest BCUT2D eigenvalue weighted by atomic mass is 16.5. The van der Waals surface area contributed by atoms with Crippen molar-refractivity contribution in [3.8, 4) is 11.4 Å². The average molecular weight is 350 g/mol. The number of aromatic nitrogens is 3. The molecule has 6 nitrogen and oxygen atoms in total. The van der Waals surface area contributed by atoms with Crippen molar-refractivity contribution in [1.82, 2.24) is 14.8 Å². The Morgan fingerprint density at radius 2 is 1.77 bits per heavy atom. The van der Waals surface area contributed by atoms with Crippen molar-refractivity contribution in [2.24, 2.45) is 0 Å². The summed E-state index contributed by atoms with van der Waals surface area (Å²) in [6.45, 7) is 6.43. The summed E-state index contributed by atoms with van der Waals surface area (Å²) in [6.07, 6.45) is 3.09. The zero-order valence-electron chi connectivity index (χ0n) is 15.1. The summed E-state index contributed by atoms with van der Waals surface area (Å²) in [4.78, 5) is 16.0. The van der Waals surface area contributed by atoms with Gasteiger partial charge in [0.05, 0.1) is 5.69 Å². The predicted octanol–water partition coefficient (Wildman–Crippen LogP) is 3.58. The van der Waals surface area contributed by atoms with Crippen LogP contribution >= 0.6 is 0 Å². The van der Waals surface area contributed by atoms with Crippen molar-refractivity contribution in [1.29, 1.82) is 0 Å². The molecule has 134 valence electrons. The van der Waals surface area contributed by atoms with Crippen LogP contribution in [0, 0.1) is 0 Å². The SMILES string of the molecule is CC(C)(C)c1ccc(OCC(=O)Nc2ccc(-n3cncn3)cc2)cc1. The molecule has 0 saturated carbocycles. The van der Waals surface area contributed by atoms with Crippen LogP contribution in [-0.2, 0) is 10.2 Å². The number of carbonyl (C=O) groups is 1. The summed E-state index contributed by atoms with van der Waals surface area (Å²) in [5, 5.41) is 6.87. The number of carbonyl (C=O) groups excluding carboxylic acids is 1. The molecule has 0 atom stereocenters. The van der Waals surface area contributed by atoms with Crippen LogP contribution in [0.4, 0.5) is 5.69 Å². The molecule has 2 aromatic carbocycles. The summed E-state index contributed by atoms with van der Waals surface area (Å²) < 4.78 is 7.20. The largest absolute Gasteiger partial charge is 0.484 e. The quantitative estimate of drug-likeness (QED) is 0.763. The molecule has 1 heterocycles. The van der Waals surface area contributed by atoms with Gasteiger partial charge in [0.25, 0.3) is 5.91 Å². The van der Waals surface area contributed by atoms with Crippen LogP contribution in [0.3, 0.4) is 0 Å². The van der Waals surface area contributed by atoms with Crippen LogP contribution < -0.4 is 10.1 Å². The first-order valence-electron chi connectivity index (χ1n) is 8.40. The fraction of sp³-hybridized carbons (Fsp3) is 0.250. The topological polar surface area (TPSA) is 69.0 Å². The smallest absolute Gasteiger partial charge is 0.262 e. The molecule has 0 fully saturated rings. The van der Waals surface area contributed by atoms with E-state index >= 15 is 0 Å². The van der Waals surface area contributed by atoms with Crippen LogP contribution in [0.5, 0.6) is 5.75 Å². The van der Waals surface area contributed by atoms with Gasteiger partial charge in [-0.2, -0.15) is 5.10 Å². The molecule has 3 aromatic rings. The molecule has 1 amide bonds. The molecular weight excluding hydrogens is 328 g/mol. The monoisotopic (exact) mass is 350 g/mol. The van der Waals surface area contributed by atoms with E-state index in [0.29, 0.717) is 11.4 Å². The molecule has 0 spiro atoms. The van der Waals surface area contributed by atoms with Gasteiger partial charge < -0.3 is 10.1 Å². The molecule has 6 heteroatoms. The second-order valence-electron chi connectivity index (χ2n) is 7.00. The minimum atomic E-state index is -0.210. The summed E-state index contributed by atoms with van der Waals surface area (Å²) in [5.74, 6) is 0.466. The third-order valence-electron chi connectivity index (χ3n) is 3.92. The molecule has 0 aliphatic carbocycles. The Balaban J connectivity index is 1.52. The van der Waals surface area contributed by atoms with E-state index < -0.39 is 0 Å². The van der Waals surface area contributed by atoms with E-state index in [1.54, 1.807) is 11.0 Å². The summed E-state index contributed by atoms with van der Waals surface area (Å²) in [6, 6.07) is 15.2. The van der Waals surface area contributed by atoms with E-state index in [-0.39, 0.29) is 17.9 Å². The minimum absolute atomic E-state index is 0.0420. The number of benzene rings is 2. The van der Waals surface area contributed by atoms with Gasteiger partial charge in [-0.3, -0.25) is 4.79 Å². The van der Waals surface area contributed by atoms with Crippen molar-refractivity contribution in [2.45, 2.75) is 26.2 Å². The first kappa shape index (κ1) is 17.7. The molecule has 1 N–H and O–H groups in total. The third kappa shape index (κ3) is 4.47. The van der Waals surface area contributed by atoms with E-state index in [4.69, 9.17) is 4.74 Å². The Morgan fingerprint density at radius 1 is 1.08 bits per heavy atom. The Morgan fingerprint density at radius 3 is 2.35 bits per heavy atom. The van der Waals surface area contributed by atoms with Gasteiger partial charge >= 0.3 is 0 Å². The molecule has 1 aromatic heterocycles. The maximum absolute atomic E-state index is 12.1. The fourth-order valence-corrected chi connectivity index (χ4v) is 2.44. The molecule has 0 bridgehead atoms. The molecule has 0 aliphatic heterocycles. The highest BCUT2D eigenvalue weighted by molar-refractivity contribution is 5.91. The van der Waals surface area contributed by atoms with Gasteiger partial charge in [-0.25, -0.2) is 9.67 Å². The summed E-state index contributed by atoms with van der Waals surface area (Å²) >= 11 is 0. The van der Waals surface area contributed by atoms with E-state index in [1.165, 1.54) is 11.9 Å². The summed E-state index contributed by atoms with van der Waals surface area (Å²) in [7, 11) is 0. The van der Waals surface area contributed by atoms with Gasteiger partial charge in [0.1, 0.15) is 18.4 Å². The van der Waals surface area contributed by atoms with E-state index in [1.807, 2.05) is 48.5 Å². The van der Waals surface area contributed by atoms with E-state index in [9.17, 15) is 4.79 Å². The average Bonchev–Trinajstić information content (AvgIpc) is 3.15. The normalized spacial score (nSPS) is 11.2. The van der Waals surface area contributed by atoms with Gasteiger partial charge in [0, 0.05) is 5.69 Å². The van der Waals surface area contributed by atoms with Gasteiger partial charge in [-0.15, -0.1) is 0 Å².